The second-order valence-corrected chi connectivity index (χ2v) is 7.49. The third kappa shape index (κ3) is 3.07. The number of aromatic amines is 2. The Morgan fingerprint density at radius 1 is 1.07 bits per heavy atom. The van der Waals surface area contributed by atoms with E-state index in [4.69, 9.17) is 16.6 Å². The van der Waals surface area contributed by atoms with Gasteiger partial charge in [0.2, 0.25) is 5.56 Å². The molecule has 0 spiro atoms. The van der Waals surface area contributed by atoms with E-state index in [-0.39, 0.29) is 5.56 Å². The molecule has 3 N–H and O–H groups in total. The first kappa shape index (κ1) is 18.5. The molecule has 0 fully saturated rings. The van der Waals surface area contributed by atoms with Crippen LogP contribution in [0.25, 0.3) is 44.3 Å². The quantitative estimate of drug-likeness (QED) is 0.403. The topological polar surface area (TPSA) is 86.5 Å². The second-order valence-electron chi connectivity index (χ2n) is 7.09. The summed E-state index contributed by atoms with van der Waals surface area (Å²) in [6, 6.07) is 17.3. The lowest BCUT2D eigenvalue weighted by Gasteiger charge is -2.18. The highest BCUT2D eigenvalue weighted by molar-refractivity contribution is 6.35. The largest absolute Gasteiger partial charge is 0.316 e. The first-order valence-electron chi connectivity index (χ1n) is 9.54. The first-order valence-corrected chi connectivity index (χ1v) is 9.92. The van der Waals surface area contributed by atoms with Gasteiger partial charge in [-0.3, -0.25) is 9.89 Å². The van der Waals surface area contributed by atoms with Crippen molar-refractivity contribution in [3.05, 3.63) is 81.7 Å². The highest BCUT2D eigenvalue weighted by atomic mass is 35.5. The Hall–Kier alpha value is -3.48. The predicted molar refractivity (Wildman–Crippen MR) is 121 cm³/mol. The van der Waals surface area contributed by atoms with Gasteiger partial charge in [-0.25, -0.2) is 4.98 Å². The monoisotopic (exact) mass is 415 g/mol. The summed E-state index contributed by atoms with van der Waals surface area (Å²) in [6.45, 7) is 0.598. The normalized spacial score (nSPS) is 11.4. The van der Waals surface area contributed by atoms with Crippen molar-refractivity contribution in [1.29, 1.82) is 0 Å². The summed E-state index contributed by atoms with van der Waals surface area (Å²) in [4.78, 5) is 19.7. The molecule has 5 aromatic rings. The number of rotatable bonds is 4. The molecule has 0 radical (unpaired) electrons. The Labute approximate surface area is 176 Å². The number of nitrogens with one attached hydrogen (secondary N) is 3. The van der Waals surface area contributed by atoms with Crippen LogP contribution in [-0.4, -0.2) is 27.2 Å². The maximum atomic E-state index is 12.0. The number of nitrogens with zero attached hydrogens (tertiary/aromatic N) is 2. The third-order valence-electron chi connectivity index (χ3n) is 5.18. The molecule has 0 aliphatic heterocycles. The van der Waals surface area contributed by atoms with Crippen molar-refractivity contribution in [3.8, 4) is 22.4 Å². The summed E-state index contributed by atoms with van der Waals surface area (Å²) >= 11 is 6.57. The molecule has 0 aliphatic carbocycles. The molecule has 2 aromatic carbocycles. The van der Waals surface area contributed by atoms with E-state index in [1.165, 1.54) is 6.07 Å². The number of benzene rings is 2. The molecule has 3 aromatic heterocycles. The zero-order valence-electron chi connectivity index (χ0n) is 16.2. The molecular weight excluding hydrogens is 398 g/mol. The molecule has 0 amide bonds. The summed E-state index contributed by atoms with van der Waals surface area (Å²) in [5.41, 5.74) is 5.88. The molecule has 148 valence electrons. The van der Waals surface area contributed by atoms with E-state index < -0.39 is 0 Å². The fraction of sp³-hybridized carbons (Fsp3) is 0.0870. The van der Waals surface area contributed by atoms with Crippen molar-refractivity contribution in [1.82, 2.24) is 25.5 Å². The van der Waals surface area contributed by atoms with E-state index >= 15 is 0 Å². The molecule has 0 unspecified atom stereocenters. The van der Waals surface area contributed by atoms with Crippen LogP contribution >= 0.6 is 11.6 Å². The molecule has 6 nitrogen and oxygen atoms in total. The van der Waals surface area contributed by atoms with Gasteiger partial charge >= 0.3 is 0 Å². The number of hydrogen-bond donors (Lipinski definition) is 3. The van der Waals surface area contributed by atoms with Gasteiger partial charge in [-0.1, -0.05) is 41.9 Å². The Morgan fingerprint density at radius 2 is 1.90 bits per heavy atom. The Morgan fingerprint density at radius 3 is 2.70 bits per heavy atom. The molecule has 7 heteroatoms. The minimum absolute atomic E-state index is 0.181. The number of H-pyrrole nitrogens is 2. The van der Waals surface area contributed by atoms with Crippen LogP contribution in [0.5, 0.6) is 0 Å². The SMILES string of the molecule is CNCc1c(-c2cc(Cl)c3[nH]ncc3c2)c(-c2ccccc2)nc2[nH]c(=O)ccc12. The van der Waals surface area contributed by atoms with Gasteiger partial charge < -0.3 is 10.3 Å². The van der Waals surface area contributed by atoms with Crippen molar-refractivity contribution in [2.24, 2.45) is 0 Å². The molecule has 0 saturated carbocycles. The molecule has 30 heavy (non-hydrogen) atoms. The summed E-state index contributed by atoms with van der Waals surface area (Å²) in [6.07, 6.45) is 1.76. The Kier molecular flexibility index (Phi) is 4.58. The van der Waals surface area contributed by atoms with Gasteiger partial charge in [0.25, 0.3) is 0 Å². The number of fused-ring (bicyclic) bond motifs is 2. The molecular formula is C23H18ClN5O. The van der Waals surface area contributed by atoms with E-state index in [1.54, 1.807) is 6.20 Å². The number of aromatic nitrogens is 4. The van der Waals surface area contributed by atoms with Crippen LogP contribution in [0.15, 0.2) is 65.6 Å². The van der Waals surface area contributed by atoms with Gasteiger partial charge in [-0.2, -0.15) is 5.10 Å². The second kappa shape index (κ2) is 7.40. The molecule has 0 aliphatic rings. The fourth-order valence-electron chi connectivity index (χ4n) is 3.88. The van der Waals surface area contributed by atoms with Gasteiger partial charge in [0.15, 0.2) is 0 Å². The number of pyridine rings is 2. The van der Waals surface area contributed by atoms with Crippen LogP contribution in [0.2, 0.25) is 5.02 Å². The highest BCUT2D eigenvalue weighted by Crippen LogP contribution is 2.39. The van der Waals surface area contributed by atoms with Gasteiger partial charge in [0, 0.05) is 34.5 Å². The van der Waals surface area contributed by atoms with Crippen LogP contribution in [0.1, 0.15) is 5.56 Å². The summed E-state index contributed by atoms with van der Waals surface area (Å²) in [5, 5.41) is 12.7. The lowest BCUT2D eigenvalue weighted by Crippen LogP contribution is -2.12. The number of hydrogen-bond acceptors (Lipinski definition) is 4. The lowest BCUT2D eigenvalue weighted by atomic mass is 9.92. The van der Waals surface area contributed by atoms with Crippen LogP contribution in [-0.2, 0) is 6.54 Å². The van der Waals surface area contributed by atoms with E-state index in [9.17, 15) is 4.79 Å². The highest BCUT2D eigenvalue weighted by Gasteiger charge is 2.19. The van der Waals surface area contributed by atoms with Crippen molar-refractivity contribution < 1.29 is 0 Å². The minimum Gasteiger partial charge on any atom is -0.316 e. The standard InChI is InChI=1S/C23H18ClN5O/c1-25-12-17-16-7-8-19(30)27-23(16)28-22(13-5-3-2-4-6-13)20(17)14-9-15-11-26-29-21(15)18(24)10-14/h2-11,25H,12H2,1H3,(H,26,29)(H,27,28,30). The van der Waals surface area contributed by atoms with Gasteiger partial charge in [-0.15, -0.1) is 0 Å². The summed E-state index contributed by atoms with van der Waals surface area (Å²) in [5.74, 6) is 0. The van der Waals surface area contributed by atoms with Crippen molar-refractivity contribution in [3.63, 3.8) is 0 Å². The van der Waals surface area contributed by atoms with Gasteiger partial charge in [0.1, 0.15) is 5.65 Å². The summed E-state index contributed by atoms with van der Waals surface area (Å²) < 4.78 is 0. The van der Waals surface area contributed by atoms with Crippen LogP contribution < -0.4 is 10.9 Å². The van der Waals surface area contributed by atoms with Crippen LogP contribution in [0.3, 0.4) is 0 Å². The third-order valence-corrected chi connectivity index (χ3v) is 5.47. The first-order chi connectivity index (χ1) is 14.7. The molecule has 0 saturated heterocycles. The maximum Gasteiger partial charge on any atom is 0.249 e. The van der Waals surface area contributed by atoms with Crippen molar-refractivity contribution in [2.45, 2.75) is 6.54 Å². The van der Waals surface area contributed by atoms with Gasteiger partial charge in [0.05, 0.1) is 22.4 Å². The summed E-state index contributed by atoms with van der Waals surface area (Å²) in [7, 11) is 1.90. The molecule has 0 atom stereocenters. The van der Waals surface area contributed by atoms with Crippen molar-refractivity contribution in [2.75, 3.05) is 7.05 Å². The molecule has 3 heterocycles. The average Bonchev–Trinajstić information content (AvgIpc) is 3.23. The predicted octanol–water partition coefficient (Wildman–Crippen LogP) is 4.51. The zero-order chi connectivity index (χ0) is 20.7. The maximum absolute atomic E-state index is 12.0. The smallest absolute Gasteiger partial charge is 0.249 e. The van der Waals surface area contributed by atoms with Crippen LogP contribution in [0, 0.1) is 0 Å². The van der Waals surface area contributed by atoms with Gasteiger partial charge in [-0.05, 0) is 36.4 Å². The van der Waals surface area contributed by atoms with Crippen LogP contribution in [0.4, 0.5) is 0 Å². The Bertz CT molecular complexity index is 1440. The van der Waals surface area contributed by atoms with Crippen molar-refractivity contribution >= 4 is 33.5 Å². The Balaban J connectivity index is 1.93. The number of halogens is 1. The average molecular weight is 416 g/mol. The minimum atomic E-state index is -0.181. The van der Waals surface area contributed by atoms with E-state index in [0.29, 0.717) is 17.2 Å². The molecule has 5 rings (SSSR count). The fourth-order valence-corrected chi connectivity index (χ4v) is 4.14. The zero-order valence-corrected chi connectivity index (χ0v) is 16.9. The van der Waals surface area contributed by atoms with E-state index in [2.05, 4.69) is 26.6 Å². The lowest BCUT2D eigenvalue weighted by molar-refractivity contribution is 0.824. The molecule has 0 bridgehead atoms. The van der Waals surface area contributed by atoms with E-state index in [0.717, 1.165) is 44.2 Å². The van der Waals surface area contributed by atoms with E-state index in [1.807, 2.05) is 49.5 Å².